The van der Waals surface area contributed by atoms with Gasteiger partial charge in [-0.2, -0.15) is 4.98 Å². The third-order valence-electron chi connectivity index (χ3n) is 2.77. The molecule has 1 aromatic carbocycles. The summed E-state index contributed by atoms with van der Waals surface area (Å²) in [6, 6.07) is 11.8. The lowest BCUT2D eigenvalue weighted by atomic mass is 10.3. The summed E-state index contributed by atoms with van der Waals surface area (Å²) >= 11 is 0. The Kier molecular flexibility index (Phi) is 5.32. The second-order valence-corrected chi connectivity index (χ2v) is 4.84. The maximum Gasteiger partial charge on any atom is 0.229 e. The van der Waals surface area contributed by atoms with Gasteiger partial charge in [-0.05, 0) is 45.3 Å². The molecule has 2 aromatic rings. The molecule has 0 unspecified atom stereocenters. The van der Waals surface area contributed by atoms with Gasteiger partial charge in [0, 0.05) is 18.4 Å². The molecule has 0 fully saturated rings. The van der Waals surface area contributed by atoms with Crippen LogP contribution in [0.3, 0.4) is 0 Å². The fourth-order valence-corrected chi connectivity index (χ4v) is 1.78. The Morgan fingerprint density at radius 1 is 1.10 bits per heavy atom. The predicted molar refractivity (Wildman–Crippen MR) is 83.4 cm³/mol. The van der Waals surface area contributed by atoms with Gasteiger partial charge in [0.2, 0.25) is 5.95 Å². The molecule has 2 rings (SSSR count). The summed E-state index contributed by atoms with van der Waals surface area (Å²) in [6.45, 7) is 1.97. The molecule has 0 radical (unpaired) electrons. The number of hydrogen-bond acceptors (Lipinski definition) is 5. The van der Waals surface area contributed by atoms with Gasteiger partial charge in [-0.25, -0.2) is 4.98 Å². The number of anilines is 3. The summed E-state index contributed by atoms with van der Waals surface area (Å²) in [5.41, 5.74) is 0.984. The number of para-hydroxylation sites is 1. The quantitative estimate of drug-likeness (QED) is 0.758. The third kappa shape index (κ3) is 4.85. The van der Waals surface area contributed by atoms with E-state index in [4.69, 9.17) is 0 Å². The van der Waals surface area contributed by atoms with E-state index in [0.29, 0.717) is 5.95 Å². The highest BCUT2D eigenvalue weighted by Crippen LogP contribution is 2.13. The Balaban J connectivity index is 1.88. The molecule has 0 aliphatic rings. The van der Waals surface area contributed by atoms with Crippen molar-refractivity contribution in [1.29, 1.82) is 0 Å². The minimum Gasteiger partial charge on any atom is -0.370 e. The molecule has 0 saturated heterocycles. The summed E-state index contributed by atoms with van der Waals surface area (Å²) in [5.74, 6) is 1.45. The van der Waals surface area contributed by atoms with Crippen LogP contribution in [0.25, 0.3) is 0 Å². The van der Waals surface area contributed by atoms with E-state index < -0.39 is 0 Å². The van der Waals surface area contributed by atoms with Crippen molar-refractivity contribution in [2.75, 3.05) is 37.8 Å². The Morgan fingerprint density at radius 2 is 1.90 bits per heavy atom. The van der Waals surface area contributed by atoms with Gasteiger partial charge in [0.1, 0.15) is 5.82 Å². The number of rotatable bonds is 7. The molecule has 0 bridgehead atoms. The van der Waals surface area contributed by atoms with Crippen LogP contribution >= 0.6 is 0 Å². The number of benzene rings is 1. The van der Waals surface area contributed by atoms with Gasteiger partial charge in [0.15, 0.2) is 0 Å². The highest BCUT2D eigenvalue weighted by molar-refractivity contribution is 5.54. The first kappa shape index (κ1) is 14.3. The Bertz CT molecular complexity index is 513. The molecule has 5 heteroatoms. The van der Waals surface area contributed by atoms with Gasteiger partial charge in [-0.1, -0.05) is 18.2 Å². The molecule has 20 heavy (non-hydrogen) atoms. The molecule has 1 aromatic heterocycles. The number of aromatic nitrogens is 2. The highest BCUT2D eigenvalue weighted by atomic mass is 15.1. The van der Waals surface area contributed by atoms with Crippen molar-refractivity contribution in [2.24, 2.45) is 0 Å². The fraction of sp³-hybridized carbons (Fsp3) is 0.333. The van der Waals surface area contributed by atoms with Crippen molar-refractivity contribution in [1.82, 2.24) is 14.9 Å². The second-order valence-electron chi connectivity index (χ2n) is 4.84. The zero-order valence-corrected chi connectivity index (χ0v) is 12.0. The van der Waals surface area contributed by atoms with E-state index >= 15 is 0 Å². The van der Waals surface area contributed by atoms with Crippen LogP contribution in [0.15, 0.2) is 42.6 Å². The summed E-state index contributed by atoms with van der Waals surface area (Å²) in [6.07, 6.45) is 2.84. The van der Waals surface area contributed by atoms with Crippen LogP contribution in [0, 0.1) is 0 Å². The van der Waals surface area contributed by atoms with E-state index in [1.54, 1.807) is 6.20 Å². The second kappa shape index (κ2) is 7.45. The van der Waals surface area contributed by atoms with Crippen LogP contribution in [0.2, 0.25) is 0 Å². The van der Waals surface area contributed by atoms with E-state index in [1.807, 2.05) is 36.4 Å². The van der Waals surface area contributed by atoms with E-state index in [1.165, 1.54) is 0 Å². The van der Waals surface area contributed by atoms with E-state index in [-0.39, 0.29) is 0 Å². The van der Waals surface area contributed by atoms with Crippen molar-refractivity contribution < 1.29 is 0 Å². The summed E-state index contributed by atoms with van der Waals surface area (Å²) in [7, 11) is 4.15. The van der Waals surface area contributed by atoms with Crippen LogP contribution in [0.4, 0.5) is 17.5 Å². The lowest BCUT2D eigenvalue weighted by Crippen LogP contribution is -2.16. The topological polar surface area (TPSA) is 53.1 Å². The van der Waals surface area contributed by atoms with Gasteiger partial charge < -0.3 is 15.5 Å². The molecular weight excluding hydrogens is 250 g/mol. The Hall–Kier alpha value is -2.14. The summed E-state index contributed by atoms with van der Waals surface area (Å²) in [4.78, 5) is 10.8. The van der Waals surface area contributed by atoms with Crippen LogP contribution < -0.4 is 10.6 Å². The van der Waals surface area contributed by atoms with Gasteiger partial charge in [0.25, 0.3) is 0 Å². The first-order chi connectivity index (χ1) is 9.74. The summed E-state index contributed by atoms with van der Waals surface area (Å²) < 4.78 is 0. The predicted octanol–water partition coefficient (Wildman–Crippen LogP) is 2.58. The van der Waals surface area contributed by atoms with Crippen molar-refractivity contribution in [3.05, 3.63) is 42.6 Å². The molecular formula is C15H21N5. The lowest BCUT2D eigenvalue weighted by Gasteiger charge is -2.11. The zero-order valence-electron chi connectivity index (χ0n) is 12.0. The smallest absolute Gasteiger partial charge is 0.229 e. The first-order valence-corrected chi connectivity index (χ1v) is 6.78. The average molecular weight is 271 g/mol. The fourth-order valence-electron chi connectivity index (χ4n) is 1.78. The average Bonchev–Trinajstić information content (AvgIpc) is 2.45. The highest BCUT2D eigenvalue weighted by Gasteiger charge is 1.99. The maximum absolute atomic E-state index is 4.44. The molecule has 106 valence electrons. The molecule has 1 heterocycles. The summed E-state index contributed by atoms with van der Waals surface area (Å²) in [5, 5.41) is 6.49. The maximum atomic E-state index is 4.44. The normalized spacial score (nSPS) is 10.6. The van der Waals surface area contributed by atoms with E-state index in [0.717, 1.165) is 31.0 Å². The minimum absolute atomic E-state index is 0.605. The molecule has 0 spiro atoms. The molecule has 0 aliphatic heterocycles. The number of hydrogen-bond donors (Lipinski definition) is 2. The van der Waals surface area contributed by atoms with Gasteiger partial charge >= 0.3 is 0 Å². The van der Waals surface area contributed by atoms with Crippen molar-refractivity contribution in [3.8, 4) is 0 Å². The third-order valence-corrected chi connectivity index (χ3v) is 2.77. The molecule has 0 saturated carbocycles. The van der Waals surface area contributed by atoms with Gasteiger partial charge in [-0.15, -0.1) is 0 Å². The minimum atomic E-state index is 0.605. The Morgan fingerprint density at radius 3 is 2.65 bits per heavy atom. The Labute approximate surface area is 120 Å². The monoisotopic (exact) mass is 271 g/mol. The SMILES string of the molecule is CN(C)CCCNc1ccnc(Nc2ccccc2)n1. The molecule has 0 atom stereocenters. The molecule has 0 amide bonds. The van der Waals surface area contributed by atoms with Crippen molar-refractivity contribution in [2.45, 2.75) is 6.42 Å². The number of nitrogens with one attached hydrogen (secondary N) is 2. The molecule has 0 aliphatic carbocycles. The van der Waals surface area contributed by atoms with Crippen molar-refractivity contribution in [3.63, 3.8) is 0 Å². The lowest BCUT2D eigenvalue weighted by molar-refractivity contribution is 0.405. The van der Waals surface area contributed by atoms with E-state index in [9.17, 15) is 0 Å². The van der Waals surface area contributed by atoms with Crippen LogP contribution in [-0.2, 0) is 0 Å². The standard InChI is InChI=1S/C15H21N5/c1-20(2)12-6-10-16-14-9-11-17-15(19-14)18-13-7-4-3-5-8-13/h3-5,7-9,11H,6,10,12H2,1-2H3,(H2,16,17,18,19). The zero-order chi connectivity index (χ0) is 14.2. The van der Waals surface area contributed by atoms with Gasteiger partial charge in [0.05, 0.1) is 0 Å². The molecule has 2 N–H and O–H groups in total. The molecule has 5 nitrogen and oxygen atoms in total. The number of nitrogens with zero attached hydrogens (tertiary/aromatic N) is 3. The van der Waals surface area contributed by atoms with E-state index in [2.05, 4.69) is 39.6 Å². The van der Waals surface area contributed by atoms with Crippen molar-refractivity contribution >= 4 is 17.5 Å². The first-order valence-electron chi connectivity index (χ1n) is 6.78. The van der Waals surface area contributed by atoms with Crippen LogP contribution in [-0.4, -0.2) is 42.1 Å². The van der Waals surface area contributed by atoms with Gasteiger partial charge in [-0.3, -0.25) is 0 Å². The van der Waals surface area contributed by atoms with Crippen LogP contribution in [0.1, 0.15) is 6.42 Å². The van der Waals surface area contributed by atoms with Crippen LogP contribution in [0.5, 0.6) is 0 Å². The largest absolute Gasteiger partial charge is 0.370 e.